The van der Waals surface area contributed by atoms with Crippen LogP contribution >= 0.6 is 58.2 Å². The minimum absolute atomic E-state index is 0.0973. The lowest BCUT2D eigenvalue weighted by atomic mass is 10.2. The Morgan fingerprint density at radius 3 is 2.39 bits per heavy atom. The maximum absolute atomic E-state index is 12.2. The summed E-state index contributed by atoms with van der Waals surface area (Å²) >= 11 is 24.9. The SMILES string of the molecule is O=c1[nH]c2ccc(Cl)cc2c(O)c1Sc1cc(Cl)c(Cl)cc1Cl. The Balaban J connectivity index is 2.17. The van der Waals surface area contributed by atoms with E-state index in [4.69, 9.17) is 46.4 Å². The van der Waals surface area contributed by atoms with E-state index in [1.807, 2.05) is 0 Å². The van der Waals surface area contributed by atoms with Crippen LogP contribution in [0.2, 0.25) is 20.1 Å². The number of hydrogen-bond donors (Lipinski definition) is 2. The van der Waals surface area contributed by atoms with Gasteiger partial charge in [-0.05, 0) is 30.3 Å². The molecule has 1 heterocycles. The van der Waals surface area contributed by atoms with Crippen molar-refractivity contribution < 1.29 is 5.11 Å². The monoisotopic (exact) mass is 405 g/mol. The first-order valence-corrected chi connectivity index (χ1v) is 8.56. The van der Waals surface area contributed by atoms with Gasteiger partial charge in [0.05, 0.1) is 20.6 Å². The Morgan fingerprint density at radius 2 is 1.65 bits per heavy atom. The second kappa shape index (κ2) is 6.46. The fraction of sp³-hybridized carbons (Fsp3) is 0. The Kier molecular flexibility index (Phi) is 4.72. The first-order valence-electron chi connectivity index (χ1n) is 6.23. The molecule has 1 aromatic heterocycles. The van der Waals surface area contributed by atoms with E-state index in [-0.39, 0.29) is 10.6 Å². The zero-order valence-electron chi connectivity index (χ0n) is 11.2. The summed E-state index contributed by atoms with van der Waals surface area (Å²) < 4.78 is 0. The predicted octanol–water partition coefficient (Wildman–Crippen LogP) is 6.00. The number of aromatic nitrogens is 1. The van der Waals surface area contributed by atoms with Gasteiger partial charge in [-0.15, -0.1) is 0 Å². The highest BCUT2D eigenvalue weighted by molar-refractivity contribution is 7.99. The molecule has 0 fully saturated rings. The smallest absolute Gasteiger partial charge is 0.266 e. The quantitative estimate of drug-likeness (QED) is 0.513. The Hall–Kier alpha value is -1.04. The van der Waals surface area contributed by atoms with E-state index in [2.05, 4.69) is 4.98 Å². The molecule has 23 heavy (non-hydrogen) atoms. The van der Waals surface area contributed by atoms with Gasteiger partial charge in [0.1, 0.15) is 10.6 Å². The second-order valence-electron chi connectivity index (χ2n) is 4.62. The molecule has 3 aromatic rings. The van der Waals surface area contributed by atoms with Crippen LogP contribution in [0.1, 0.15) is 0 Å². The van der Waals surface area contributed by atoms with E-state index in [0.29, 0.717) is 35.9 Å². The molecule has 0 radical (unpaired) electrons. The summed E-state index contributed by atoms with van der Waals surface area (Å²) in [6.45, 7) is 0. The zero-order chi connectivity index (χ0) is 16.7. The highest BCUT2D eigenvalue weighted by Gasteiger charge is 2.16. The molecule has 0 saturated heterocycles. The van der Waals surface area contributed by atoms with E-state index in [0.717, 1.165) is 11.8 Å². The molecule has 0 aliphatic carbocycles. The third-order valence-electron chi connectivity index (χ3n) is 3.09. The summed E-state index contributed by atoms with van der Waals surface area (Å²) in [4.78, 5) is 15.5. The van der Waals surface area contributed by atoms with Crippen LogP contribution in [-0.4, -0.2) is 10.1 Å². The van der Waals surface area contributed by atoms with Crippen LogP contribution in [0.4, 0.5) is 0 Å². The van der Waals surface area contributed by atoms with Crippen molar-refractivity contribution >= 4 is 69.1 Å². The molecule has 0 saturated carbocycles. The van der Waals surface area contributed by atoms with Crippen molar-refractivity contribution in [3.63, 3.8) is 0 Å². The molecule has 0 aliphatic heterocycles. The van der Waals surface area contributed by atoms with Gasteiger partial charge in [0.25, 0.3) is 5.56 Å². The first-order chi connectivity index (χ1) is 10.9. The average molecular weight is 407 g/mol. The first kappa shape index (κ1) is 16.8. The standard InChI is InChI=1S/C15H7Cl4NO2S/c16-6-1-2-11-7(3-6)13(21)14(15(22)20-11)23-12-5-9(18)8(17)4-10(12)19/h1-5H,(H2,20,21,22). The number of halogens is 4. The number of aromatic amines is 1. The van der Waals surface area contributed by atoms with Gasteiger partial charge < -0.3 is 10.1 Å². The Morgan fingerprint density at radius 1 is 0.957 bits per heavy atom. The molecule has 2 N–H and O–H groups in total. The number of fused-ring (bicyclic) bond motifs is 1. The van der Waals surface area contributed by atoms with Gasteiger partial charge in [-0.3, -0.25) is 4.79 Å². The number of pyridine rings is 1. The minimum atomic E-state index is -0.440. The molecule has 3 nitrogen and oxygen atoms in total. The van der Waals surface area contributed by atoms with Crippen LogP contribution in [0.25, 0.3) is 10.9 Å². The molecule has 0 aliphatic rings. The summed E-state index contributed by atoms with van der Waals surface area (Å²) in [5.41, 5.74) is 0.0472. The fourth-order valence-corrected chi connectivity index (χ4v) is 3.82. The van der Waals surface area contributed by atoms with Crippen LogP contribution in [0, 0.1) is 0 Å². The van der Waals surface area contributed by atoms with E-state index in [9.17, 15) is 9.90 Å². The van der Waals surface area contributed by atoms with Crippen LogP contribution < -0.4 is 5.56 Å². The lowest BCUT2D eigenvalue weighted by Crippen LogP contribution is -2.08. The Labute approximate surface area is 155 Å². The molecule has 0 bridgehead atoms. The number of hydrogen-bond acceptors (Lipinski definition) is 3. The normalized spacial score (nSPS) is 11.1. The van der Waals surface area contributed by atoms with Gasteiger partial charge in [0.15, 0.2) is 0 Å². The Bertz CT molecular complexity index is 987. The summed E-state index contributed by atoms with van der Waals surface area (Å²) in [6, 6.07) is 7.85. The third-order valence-corrected chi connectivity index (χ3v) is 5.62. The van der Waals surface area contributed by atoms with Crippen molar-refractivity contribution in [2.45, 2.75) is 9.79 Å². The number of benzene rings is 2. The van der Waals surface area contributed by atoms with Crippen molar-refractivity contribution in [2.75, 3.05) is 0 Å². The second-order valence-corrected chi connectivity index (χ2v) is 7.33. The van der Waals surface area contributed by atoms with Crippen LogP contribution in [0.3, 0.4) is 0 Å². The molecule has 3 rings (SSSR count). The molecule has 0 spiro atoms. The van der Waals surface area contributed by atoms with Crippen LogP contribution in [0.15, 0.2) is 44.9 Å². The molecule has 2 aromatic carbocycles. The van der Waals surface area contributed by atoms with Gasteiger partial charge in [-0.2, -0.15) is 0 Å². The van der Waals surface area contributed by atoms with E-state index in [1.54, 1.807) is 18.2 Å². The molecular formula is C15H7Cl4NO2S. The lowest BCUT2D eigenvalue weighted by molar-refractivity contribution is 0.467. The van der Waals surface area contributed by atoms with Crippen molar-refractivity contribution in [3.05, 3.63) is 60.8 Å². The number of rotatable bonds is 2. The summed E-state index contributed by atoms with van der Waals surface area (Å²) in [6.07, 6.45) is 0. The van der Waals surface area contributed by atoms with Crippen molar-refractivity contribution in [2.24, 2.45) is 0 Å². The molecule has 118 valence electrons. The van der Waals surface area contributed by atoms with Crippen LogP contribution in [-0.2, 0) is 0 Å². The van der Waals surface area contributed by atoms with Crippen molar-refractivity contribution in [3.8, 4) is 5.75 Å². The minimum Gasteiger partial charge on any atom is -0.506 e. The highest BCUT2D eigenvalue weighted by Crippen LogP contribution is 2.41. The topological polar surface area (TPSA) is 53.1 Å². The lowest BCUT2D eigenvalue weighted by Gasteiger charge is -2.09. The van der Waals surface area contributed by atoms with Gasteiger partial charge in [-0.25, -0.2) is 0 Å². The predicted molar refractivity (Wildman–Crippen MR) is 96.8 cm³/mol. The average Bonchev–Trinajstić information content (AvgIpc) is 2.49. The van der Waals surface area contributed by atoms with Crippen molar-refractivity contribution in [1.29, 1.82) is 0 Å². The largest absolute Gasteiger partial charge is 0.506 e. The van der Waals surface area contributed by atoms with Gasteiger partial charge in [0.2, 0.25) is 0 Å². The highest BCUT2D eigenvalue weighted by atomic mass is 35.5. The molecule has 0 atom stereocenters. The number of nitrogens with one attached hydrogen (secondary N) is 1. The van der Waals surface area contributed by atoms with Gasteiger partial charge >= 0.3 is 0 Å². The molecule has 0 unspecified atom stereocenters. The zero-order valence-corrected chi connectivity index (χ0v) is 15.0. The van der Waals surface area contributed by atoms with E-state index < -0.39 is 5.56 Å². The summed E-state index contributed by atoms with van der Waals surface area (Å²) in [5, 5.41) is 12.3. The molecule has 0 amide bonds. The van der Waals surface area contributed by atoms with E-state index >= 15 is 0 Å². The number of aromatic hydroxyl groups is 1. The summed E-state index contributed by atoms with van der Waals surface area (Å²) in [7, 11) is 0. The maximum atomic E-state index is 12.2. The van der Waals surface area contributed by atoms with Gasteiger partial charge in [0, 0.05) is 15.3 Å². The number of H-pyrrole nitrogens is 1. The van der Waals surface area contributed by atoms with E-state index in [1.165, 1.54) is 12.1 Å². The fourth-order valence-electron chi connectivity index (χ4n) is 2.02. The molecule has 8 heteroatoms. The van der Waals surface area contributed by atoms with Crippen molar-refractivity contribution in [1.82, 2.24) is 4.98 Å². The van der Waals surface area contributed by atoms with Gasteiger partial charge in [-0.1, -0.05) is 58.2 Å². The molecular weight excluding hydrogens is 400 g/mol. The van der Waals surface area contributed by atoms with Crippen LogP contribution in [0.5, 0.6) is 5.75 Å². The third kappa shape index (κ3) is 3.28. The maximum Gasteiger partial charge on any atom is 0.266 e. The summed E-state index contributed by atoms with van der Waals surface area (Å²) in [5.74, 6) is -0.168.